The predicted octanol–water partition coefficient (Wildman–Crippen LogP) is 3.16. The van der Waals surface area contributed by atoms with Crippen LogP contribution in [0.5, 0.6) is 0 Å². The van der Waals surface area contributed by atoms with Crippen molar-refractivity contribution in [3.05, 3.63) is 53.9 Å². The number of hydrogen-bond acceptors (Lipinski definition) is 4. The SMILES string of the molecule is Cc1ccc(Sc2ccc(C(=O)N[C@@H]3C[C@H]4CC[C@@H]3N4)cc2)cn1. The summed E-state index contributed by atoms with van der Waals surface area (Å²) in [6.45, 7) is 1.98. The molecule has 2 N–H and O–H groups in total. The van der Waals surface area contributed by atoms with Gasteiger partial charge in [0.25, 0.3) is 5.91 Å². The Hall–Kier alpha value is -1.85. The highest BCUT2D eigenvalue weighted by molar-refractivity contribution is 7.99. The highest BCUT2D eigenvalue weighted by Crippen LogP contribution is 2.29. The molecule has 3 heterocycles. The summed E-state index contributed by atoms with van der Waals surface area (Å²) >= 11 is 1.66. The highest BCUT2D eigenvalue weighted by Gasteiger charge is 2.39. The van der Waals surface area contributed by atoms with Gasteiger partial charge in [0, 0.05) is 45.4 Å². The minimum absolute atomic E-state index is 0.0305. The third-order valence-corrected chi connectivity index (χ3v) is 5.84. The van der Waals surface area contributed by atoms with E-state index in [9.17, 15) is 4.79 Å². The lowest BCUT2D eigenvalue weighted by Gasteiger charge is -2.21. The average molecular weight is 339 g/mol. The second-order valence-electron chi connectivity index (χ2n) is 6.62. The maximum Gasteiger partial charge on any atom is 0.251 e. The summed E-state index contributed by atoms with van der Waals surface area (Å²) in [5, 5.41) is 6.73. The Morgan fingerprint density at radius 2 is 1.96 bits per heavy atom. The van der Waals surface area contributed by atoms with Crippen LogP contribution in [0.25, 0.3) is 0 Å². The lowest BCUT2D eigenvalue weighted by atomic mass is 9.95. The van der Waals surface area contributed by atoms with Gasteiger partial charge < -0.3 is 10.6 Å². The summed E-state index contributed by atoms with van der Waals surface area (Å²) in [5.74, 6) is 0.0305. The predicted molar refractivity (Wildman–Crippen MR) is 95.4 cm³/mol. The Labute approximate surface area is 146 Å². The summed E-state index contributed by atoms with van der Waals surface area (Å²) in [6, 6.07) is 13.2. The zero-order valence-corrected chi connectivity index (χ0v) is 14.5. The van der Waals surface area contributed by atoms with Crippen molar-refractivity contribution >= 4 is 17.7 Å². The first kappa shape index (κ1) is 15.7. The van der Waals surface area contributed by atoms with Gasteiger partial charge in [-0.25, -0.2) is 0 Å². The number of aryl methyl sites for hydroxylation is 1. The fourth-order valence-electron chi connectivity index (χ4n) is 3.56. The van der Waals surface area contributed by atoms with Crippen LogP contribution in [0.1, 0.15) is 35.3 Å². The third kappa shape index (κ3) is 3.32. The number of nitrogens with zero attached hydrogens (tertiary/aromatic N) is 1. The molecule has 3 atom stereocenters. The molecule has 1 aromatic heterocycles. The van der Waals surface area contributed by atoms with Crippen molar-refractivity contribution < 1.29 is 4.79 Å². The molecule has 2 aromatic rings. The van der Waals surface area contributed by atoms with Crippen LogP contribution in [0.4, 0.5) is 0 Å². The second kappa shape index (κ2) is 6.57. The standard InChI is InChI=1S/C19H21N3OS/c1-12-2-6-16(11-20-12)24-15-7-3-13(4-8-15)19(23)22-18-10-14-5-9-17(18)21-14/h2-4,6-8,11,14,17-18,21H,5,9-10H2,1H3,(H,22,23)/t14-,17+,18-/m1/s1. The quantitative estimate of drug-likeness (QED) is 0.898. The van der Waals surface area contributed by atoms with E-state index in [-0.39, 0.29) is 11.9 Å². The van der Waals surface area contributed by atoms with Gasteiger partial charge in [0.1, 0.15) is 0 Å². The van der Waals surface area contributed by atoms with Crippen molar-refractivity contribution in [2.45, 2.75) is 54.1 Å². The lowest BCUT2D eigenvalue weighted by Crippen LogP contribution is -2.42. The van der Waals surface area contributed by atoms with E-state index in [2.05, 4.69) is 21.7 Å². The van der Waals surface area contributed by atoms with Crippen molar-refractivity contribution in [2.24, 2.45) is 0 Å². The van der Waals surface area contributed by atoms with Crippen LogP contribution in [0.15, 0.2) is 52.4 Å². The van der Waals surface area contributed by atoms with Crippen LogP contribution in [-0.4, -0.2) is 29.0 Å². The molecule has 0 aliphatic carbocycles. The van der Waals surface area contributed by atoms with E-state index in [0.29, 0.717) is 12.1 Å². The molecule has 2 fully saturated rings. The summed E-state index contributed by atoms with van der Waals surface area (Å²) in [5.41, 5.74) is 1.74. The zero-order chi connectivity index (χ0) is 16.5. The summed E-state index contributed by atoms with van der Waals surface area (Å²) in [4.78, 5) is 18.9. The first-order valence-electron chi connectivity index (χ1n) is 8.45. The van der Waals surface area contributed by atoms with E-state index >= 15 is 0 Å². The van der Waals surface area contributed by atoms with Crippen LogP contribution in [0, 0.1) is 6.92 Å². The van der Waals surface area contributed by atoms with Gasteiger partial charge in [-0.1, -0.05) is 11.8 Å². The Balaban J connectivity index is 1.38. The molecule has 2 aliphatic rings. The van der Waals surface area contributed by atoms with Crippen LogP contribution in [0.2, 0.25) is 0 Å². The maximum absolute atomic E-state index is 12.4. The molecule has 0 spiro atoms. The largest absolute Gasteiger partial charge is 0.348 e. The topological polar surface area (TPSA) is 54.0 Å². The molecular formula is C19H21N3OS. The maximum atomic E-state index is 12.4. The Morgan fingerprint density at radius 3 is 2.58 bits per heavy atom. The minimum Gasteiger partial charge on any atom is -0.348 e. The molecular weight excluding hydrogens is 318 g/mol. The first-order valence-corrected chi connectivity index (χ1v) is 9.26. The number of hydrogen-bond donors (Lipinski definition) is 2. The number of pyridine rings is 1. The van der Waals surface area contributed by atoms with Gasteiger partial charge in [0.15, 0.2) is 0 Å². The number of carbonyl (C=O) groups excluding carboxylic acids is 1. The van der Waals surface area contributed by atoms with Crippen molar-refractivity contribution in [2.75, 3.05) is 0 Å². The molecule has 1 aromatic carbocycles. The second-order valence-corrected chi connectivity index (χ2v) is 7.77. The van der Waals surface area contributed by atoms with Crippen LogP contribution in [0.3, 0.4) is 0 Å². The Morgan fingerprint density at radius 1 is 1.17 bits per heavy atom. The molecule has 4 nitrogen and oxygen atoms in total. The Bertz CT molecular complexity index is 729. The molecule has 0 radical (unpaired) electrons. The molecule has 0 saturated carbocycles. The molecule has 4 rings (SSSR count). The van der Waals surface area contributed by atoms with E-state index in [1.807, 2.05) is 43.5 Å². The van der Waals surface area contributed by atoms with Crippen molar-refractivity contribution in [1.29, 1.82) is 0 Å². The van der Waals surface area contributed by atoms with Gasteiger partial charge in [-0.05, 0) is 62.6 Å². The molecule has 1 amide bonds. The van der Waals surface area contributed by atoms with E-state index in [0.717, 1.165) is 27.5 Å². The fourth-order valence-corrected chi connectivity index (χ4v) is 4.35. The molecule has 2 bridgehead atoms. The number of rotatable bonds is 4. The van der Waals surface area contributed by atoms with Gasteiger partial charge in [0.2, 0.25) is 0 Å². The monoisotopic (exact) mass is 339 g/mol. The number of carbonyl (C=O) groups is 1. The van der Waals surface area contributed by atoms with Crippen LogP contribution >= 0.6 is 11.8 Å². The zero-order valence-electron chi connectivity index (χ0n) is 13.7. The van der Waals surface area contributed by atoms with Crippen molar-refractivity contribution in [3.8, 4) is 0 Å². The number of benzene rings is 1. The van der Waals surface area contributed by atoms with Gasteiger partial charge in [-0.3, -0.25) is 9.78 Å². The lowest BCUT2D eigenvalue weighted by molar-refractivity contribution is 0.0931. The number of aromatic nitrogens is 1. The van der Waals surface area contributed by atoms with Crippen molar-refractivity contribution in [1.82, 2.24) is 15.6 Å². The average Bonchev–Trinajstić information content (AvgIpc) is 3.20. The van der Waals surface area contributed by atoms with E-state index in [1.165, 1.54) is 12.8 Å². The van der Waals surface area contributed by atoms with Crippen LogP contribution in [-0.2, 0) is 0 Å². The molecule has 24 heavy (non-hydrogen) atoms. The van der Waals surface area contributed by atoms with Gasteiger partial charge in [-0.15, -0.1) is 0 Å². The van der Waals surface area contributed by atoms with E-state index in [4.69, 9.17) is 0 Å². The third-order valence-electron chi connectivity index (χ3n) is 4.85. The summed E-state index contributed by atoms with van der Waals surface area (Å²) in [6.07, 6.45) is 5.36. The van der Waals surface area contributed by atoms with Crippen LogP contribution < -0.4 is 10.6 Å². The van der Waals surface area contributed by atoms with Crippen molar-refractivity contribution in [3.63, 3.8) is 0 Å². The van der Waals surface area contributed by atoms with Gasteiger partial charge in [-0.2, -0.15) is 0 Å². The molecule has 2 saturated heterocycles. The van der Waals surface area contributed by atoms with Gasteiger partial charge >= 0.3 is 0 Å². The smallest absolute Gasteiger partial charge is 0.251 e. The van der Waals surface area contributed by atoms with Gasteiger partial charge in [0.05, 0.1) is 0 Å². The molecule has 0 unspecified atom stereocenters. The number of fused-ring (bicyclic) bond motifs is 2. The van der Waals surface area contributed by atoms with E-state index < -0.39 is 0 Å². The molecule has 2 aliphatic heterocycles. The summed E-state index contributed by atoms with van der Waals surface area (Å²) < 4.78 is 0. The molecule has 5 heteroatoms. The number of amides is 1. The fraction of sp³-hybridized carbons (Fsp3) is 0.368. The first-order chi connectivity index (χ1) is 11.7. The number of nitrogens with one attached hydrogen (secondary N) is 2. The highest BCUT2D eigenvalue weighted by atomic mass is 32.2. The summed E-state index contributed by atoms with van der Waals surface area (Å²) in [7, 11) is 0. The van der Waals surface area contributed by atoms with E-state index in [1.54, 1.807) is 11.8 Å². The normalized spacial score (nSPS) is 25.0. The molecule has 124 valence electrons. The Kier molecular flexibility index (Phi) is 4.29. The minimum atomic E-state index is 0.0305.